The molecule has 3 saturated heterocycles. The molecule has 3 aliphatic heterocycles. The van der Waals surface area contributed by atoms with Gasteiger partial charge in [0.25, 0.3) is 0 Å². The Morgan fingerprint density at radius 2 is 1.96 bits per heavy atom. The van der Waals surface area contributed by atoms with E-state index in [-0.39, 0.29) is 12.1 Å². The molecule has 5 rings (SSSR count). The van der Waals surface area contributed by atoms with E-state index >= 15 is 0 Å². The van der Waals surface area contributed by atoms with Gasteiger partial charge in [0.1, 0.15) is 6.10 Å². The number of rotatable bonds is 5. The summed E-state index contributed by atoms with van der Waals surface area (Å²) < 4.78 is 5.95. The van der Waals surface area contributed by atoms with Crippen LogP contribution in [-0.4, -0.2) is 36.6 Å². The lowest BCUT2D eigenvalue weighted by atomic mass is 9.86. The van der Waals surface area contributed by atoms with Crippen LogP contribution in [0.15, 0.2) is 47.8 Å². The van der Waals surface area contributed by atoms with E-state index < -0.39 is 6.04 Å². The molecule has 0 aliphatic carbocycles. The predicted molar refractivity (Wildman–Crippen MR) is 96.2 cm³/mol. The van der Waals surface area contributed by atoms with Gasteiger partial charge in [-0.05, 0) is 55.4 Å². The summed E-state index contributed by atoms with van der Waals surface area (Å²) in [5, 5.41) is 5.33. The third-order valence-electron chi connectivity index (χ3n) is 5.01. The summed E-state index contributed by atoms with van der Waals surface area (Å²) in [5.41, 5.74) is 0.932. The Bertz CT molecular complexity index is 666. The lowest BCUT2D eigenvalue weighted by Gasteiger charge is -2.44. The van der Waals surface area contributed by atoms with Gasteiger partial charge in [-0.2, -0.15) is 0 Å². The summed E-state index contributed by atoms with van der Waals surface area (Å²) in [7, 11) is 0. The Labute approximate surface area is 146 Å². The number of carbonyl (C=O) groups excluding carboxylic acids is 1. The van der Waals surface area contributed by atoms with Crippen molar-refractivity contribution in [2.75, 3.05) is 25.0 Å². The van der Waals surface area contributed by atoms with Crippen molar-refractivity contribution in [1.82, 2.24) is 4.90 Å². The van der Waals surface area contributed by atoms with Gasteiger partial charge in [0.15, 0.2) is 6.04 Å². The highest BCUT2D eigenvalue weighted by molar-refractivity contribution is 7.10. The van der Waals surface area contributed by atoms with Gasteiger partial charge >= 0.3 is 5.97 Å². The molecule has 0 amide bonds. The maximum absolute atomic E-state index is 12.9. The first-order chi connectivity index (χ1) is 11.8. The van der Waals surface area contributed by atoms with Crippen LogP contribution in [0.5, 0.6) is 0 Å². The number of carbonyl (C=O) groups is 1. The Kier molecular flexibility index (Phi) is 4.54. The minimum atomic E-state index is -0.442. The first-order valence-corrected chi connectivity index (χ1v) is 9.45. The largest absolute Gasteiger partial charge is 0.459 e. The number of anilines is 1. The lowest BCUT2D eigenvalue weighted by Crippen LogP contribution is -2.52. The maximum atomic E-state index is 12.9. The highest BCUT2D eigenvalue weighted by Gasteiger charge is 2.38. The number of hydrogen-bond donors (Lipinski definition) is 1. The number of piperidine rings is 3. The molecule has 4 heterocycles. The van der Waals surface area contributed by atoms with Gasteiger partial charge < -0.3 is 10.1 Å². The van der Waals surface area contributed by atoms with E-state index in [1.807, 2.05) is 47.8 Å². The van der Waals surface area contributed by atoms with Crippen LogP contribution in [0.3, 0.4) is 0 Å². The number of hydrogen-bond acceptors (Lipinski definition) is 5. The van der Waals surface area contributed by atoms with E-state index in [9.17, 15) is 4.79 Å². The molecule has 3 fully saturated rings. The minimum Gasteiger partial charge on any atom is -0.459 e. The van der Waals surface area contributed by atoms with Crippen LogP contribution in [0, 0.1) is 5.92 Å². The molecule has 1 aromatic carbocycles. The van der Waals surface area contributed by atoms with Crippen molar-refractivity contribution in [2.24, 2.45) is 5.92 Å². The normalized spacial score (nSPS) is 26.8. The molecule has 24 heavy (non-hydrogen) atoms. The Morgan fingerprint density at radius 3 is 2.58 bits per heavy atom. The summed E-state index contributed by atoms with van der Waals surface area (Å²) in [5.74, 6) is 0.361. The van der Waals surface area contributed by atoms with Crippen molar-refractivity contribution in [1.29, 1.82) is 0 Å². The zero-order valence-corrected chi connectivity index (χ0v) is 14.4. The second-order valence-corrected chi connectivity index (χ2v) is 7.55. The first-order valence-electron chi connectivity index (χ1n) is 8.57. The quantitative estimate of drug-likeness (QED) is 0.844. The second-order valence-electron chi connectivity index (χ2n) is 6.57. The van der Waals surface area contributed by atoms with Crippen LogP contribution in [0.25, 0.3) is 0 Å². The van der Waals surface area contributed by atoms with Gasteiger partial charge in [-0.3, -0.25) is 4.90 Å². The molecule has 5 heteroatoms. The van der Waals surface area contributed by atoms with E-state index in [0.29, 0.717) is 5.92 Å². The third kappa shape index (κ3) is 3.32. The number of esters is 1. The van der Waals surface area contributed by atoms with Gasteiger partial charge in [-0.25, -0.2) is 4.79 Å². The maximum Gasteiger partial charge on any atom is 0.334 e. The van der Waals surface area contributed by atoms with Crippen molar-refractivity contribution in [3.05, 3.63) is 52.7 Å². The van der Waals surface area contributed by atoms with Crippen molar-refractivity contribution < 1.29 is 9.53 Å². The van der Waals surface area contributed by atoms with Crippen LogP contribution in [0.1, 0.15) is 23.8 Å². The molecule has 0 saturated carbocycles. The van der Waals surface area contributed by atoms with Crippen molar-refractivity contribution in [2.45, 2.75) is 25.0 Å². The molecule has 126 valence electrons. The van der Waals surface area contributed by atoms with Crippen LogP contribution < -0.4 is 5.32 Å². The number of benzene rings is 1. The second kappa shape index (κ2) is 6.95. The molecule has 2 aromatic rings. The van der Waals surface area contributed by atoms with Crippen molar-refractivity contribution >= 4 is 23.0 Å². The number of para-hydroxylation sites is 1. The van der Waals surface area contributed by atoms with Gasteiger partial charge in [-0.1, -0.05) is 24.3 Å². The highest BCUT2D eigenvalue weighted by Crippen LogP contribution is 2.32. The SMILES string of the molecule is O=C(O[C@H]1CN2CCC1CC2)[C@H](Nc1ccccc1)c1cccs1. The summed E-state index contributed by atoms with van der Waals surface area (Å²) in [6.45, 7) is 3.18. The molecular weight excluding hydrogens is 320 g/mol. The number of fused-ring (bicyclic) bond motifs is 3. The standard InChI is InChI=1S/C19H22N2O2S/c22-19(23-16-13-21-10-8-14(16)9-11-21)18(17-7-4-12-24-17)20-15-5-2-1-3-6-15/h1-7,12,14,16,18,20H,8-11,13H2/t16-,18+/m0/s1. The predicted octanol–water partition coefficient (Wildman–Crippen LogP) is 3.54. The molecule has 0 radical (unpaired) electrons. The van der Waals surface area contributed by atoms with Gasteiger partial charge in [0.2, 0.25) is 0 Å². The molecular formula is C19H22N2O2S. The molecule has 2 bridgehead atoms. The Morgan fingerprint density at radius 1 is 1.17 bits per heavy atom. The molecule has 3 aliphatic rings. The van der Waals surface area contributed by atoms with E-state index in [4.69, 9.17) is 4.74 Å². The van der Waals surface area contributed by atoms with E-state index in [1.165, 1.54) is 0 Å². The fraction of sp³-hybridized carbons (Fsp3) is 0.421. The summed E-state index contributed by atoms with van der Waals surface area (Å²) in [4.78, 5) is 16.3. The molecule has 4 nitrogen and oxygen atoms in total. The number of thiophene rings is 1. The smallest absolute Gasteiger partial charge is 0.334 e. The van der Waals surface area contributed by atoms with E-state index in [0.717, 1.165) is 43.0 Å². The molecule has 2 atom stereocenters. The topological polar surface area (TPSA) is 41.6 Å². The molecule has 1 aromatic heterocycles. The Balaban J connectivity index is 1.49. The zero-order chi connectivity index (χ0) is 16.4. The fourth-order valence-corrected chi connectivity index (χ4v) is 4.43. The molecule has 0 spiro atoms. The molecule has 1 N–H and O–H groups in total. The van der Waals surface area contributed by atoms with Crippen LogP contribution in [0.4, 0.5) is 5.69 Å². The number of ether oxygens (including phenoxy) is 1. The Hall–Kier alpha value is -1.85. The minimum absolute atomic E-state index is 0.0417. The van der Waals surface area contributed by atoms with Crippen molar-refractivity contribution in [3.63, 3.8) is 0 Å². The first kappa shape index (κ1) is 15.7. The fourth-order valence-electron chi connectivity index (χ4n) is 3.66. The third-order valence-corrected chi connectivity index (χ3v) is 5.95. The van der Waals surface area contributed by atoms with Gasteiger partial charge in [0.05, 0.1) is 0 Å². The lowest BCUT2D eigenvalue weighted by molar-refractivity contribution is -0.159. The summed E-state index contributed by atoms with van der Waals surface area (Å²) in [6, 6.07) is 13.4. The molecule has 0 unspecified atom stereocenters. The van der Waals surface area contributed by atoms with E-state index in [2.05, 4.69) is 10.2 Å². The number of nitrogens with one attached hydrogen (secondary N) is 1. The average molecular weight is 342 g/mol. The number of nitrogens with zero attached hydrogens (tertiary/aromatic N) is 1. The van der Waals surface area contributed by atoms with Crippen LogP contribution >= 0.6 is 11.3 Å². The zero-order valence-electron chi connectivity index (χ0n) is 13.6. The van der Waals surface area contributed by atoms with Gasteiger partial charge in [-0.15, -0.1) is 11.3 Å². The van der Waals surface area contributed by atoms with Crippen molar-refractivity contribution in [3.8, 4) is 0 Å². The average Bonchev–Trinajstić information content (AvgIpc) is 3.16. The van der Waals surface area contributed by atoms with E-state index in [1.54, 1.807) is 11.3 Å². The van der Waals surface area contributed by atoms with Crippen LogP contribution in [-0.2, 0) is 9.53 Å². The summed E-state index contributed by atoms with van der Waals surface area (Å²) >= 11 is 1.58. The monoisotopic (exact) mass is 342 g/mol. The van der Waals surface area contributed by atoms with Crippen LogP contribution in [0.2, 0.25) is 0 Å². The van der Waals surface area contributed by atoms with Gasteiger partial charge in [0, 0.05) is 17.1 Å². The summed E-state index contributed by atoms with van der Waals surface area (Å²) in [6.07, 6.45) is 2.33. The highest BCUT2D eigenvalue weighted by atomic mass is 32.1.